The maximum atomic E-state index is 13.9. The first kappa shape index (κ1) is 14.8. The van der Waals surface area contributed by atoms with E-state index in [0.717, 1.165) is 12.1 Å². The highest BCUT2D eigenvalue weighted by Gasteiger charge is 2.13. The Morgan fingerprint density at radius 3 is 2.60 bits per heavy atom. The van der Waals surface area contributed by atoms with E-state index in [4.69, 9.17) is 16.3 Å². The van der Waals surface area contributed by atoms with Gasteiger partial charge in [-0.25, -0.2) is 4.39 Å². The first-order chi connectivity index (χ1) is 9.63. The molecule has 0 aliphatic carbocycles. The fraction of sp³-hybridized carbons (Fsp3) is 0.250. The summed E-state index contributed by atoms with van der Waals surface area (Å²) < 4.78 is 19.6. The van der Waals surface area contributed by atoms with Gasteiger partial charge >= 0.3 is 0 Å². The van der Waals surface area contributed by atoms with Crippen molar-refractivity contribution < 1.29 is 9.13 Å². The van der Waals surface area contributed by atoms with Crippen molar-refractivity contribution in [2.24, 2.45) is 0 Å². The van der Waals surface area contributed by atoms with E-state index >= 15 is 0 Å². The van der Waals surface area contributed by atoms with Crippen LogP contribution in [0.4, 0.5) is 4.39 Å². The van der Waals surface area contributed by atoms with E-state index in [9.17, 15) is 4.39 Å². The van der Waals surface area contributed by atoms with Gasteiger partial charge < -0.3 is 10.1 Å². The lowest BCUT2D eigenvalue weighted by Crippen LogP contribution is -2.18. The summed E-state index contributed by atoms with van der Waals surface area (Å²) in [5.74, 6) is 0.218. The van der Waals surface area contributed by atoms with Crippen molar-refractivity contribution in [2.45, 2.75) is 19.9 Å². The molecule has 0 amide bonds. The number of para-hydroxylation sites is 1. The number of ether oxygens (including phenoxy) is 1. The van der Waals surface area contributed by atoms with Gasteiger partial charge in [0, 0.05) is 11.6 Å². The Balaban J connectivity index is 2.32. The third-order valence-electron chi connectivity index (χ3n) is 3.03. The molecule has 2 aromatic carbocycles. The van der Waals surface area contributed by atoms with Crippen molar-refractivity contribution >= 4 is 11.6 Å². The monoisotopic (exact) mass is 293 g/mol. The summed E-state index contributed by atoms with van der Waals surface area (Å²) in [7, 11) is 0. The summed E-state index contributed by atoms with van der Waals surface area (Å²) in [6.07, 6.45) is 0. The summed E-state index contributed by atoms with van der Waals surface area (Å²) in [5.41, 5.74) is 0.980. The van der Waals surface area contributed by atoms with Crippen molar-refractivity contribution in [3.8, 4) is 11.5 Å². The molecular formula is C16H17ClFNO. The molecule has 2 rings (SSSR count). The number of rotatable bonds is 5. The fourth-order valence-corrected chi connectivity index (χ4v) is 2.19. The van der Waals surface area contributed by atoms with Gasteiger partial charge in [-0.15, -0.1) is 0 Å². The first-order valence-corrected chi connectivity index (χ1v) is 6.95. The van der Waals surface area contributed by atoms with Crippen LogP contribution in [0.15, 0.2) is 42.5 Å². The zero-order chi connectivity index (χ0) is 14.5. The number of benzene rings is 2. The van der Waals surface area contributed by atoms with E-state index in [2.05, 4.69) is 5.32 Å². The number of hydrogen-bond donors (Lipinski definition) is 1. The van der Waals surface area contributed by atoms with Crippen LogP contribution < -0.4 is 10.1 Å². The zero-order valence-electron chi connectivity index (χ0n) is 11.5. The second-order valence-electron chi connectivity index (χ2n) is 4.47. The third kappa shape index (κ3) is 3.30. The number of halogens is 2. The molecule has 0 saturated carbocycles. The van der Waals surface area contributed by atoms with Crippen LogP contribution in [0.5, 0.6) is 11.5 Å². The smallest absolute Gasteiger partial charge is 0.184 e. The summed E-state index contributed by atoms with van der Waals surface area (Å²) in [5, 5.41) is 3.37. The van der Waals surface area contributed by atoms with E-state index < -0.39 is 5.82 Å². The minimum atomic E-state index is -0.542. The molecule has 1 unspecified atom stereocenters. The molecule has 1 N–H and O–H groups in total. The minimum absolute atomic E-state index is 0.0553. The Hall–Kier alpha value is -1.58. The Labute approximate surface area is 123 Å². The fourth-order valence-electron chi connectivity index (χ4n) is 2.03. The van der Waals surface area contributed by atoms with Crippen LogP contribution in [-0.2, 0) is 0 Å². The van der Waals surface area contributed by atoms with Gasteiger partial charge in [0.2, 0.25) is 0 Å². The van der Waals surface area contributed by atoms with Gasteiger partial charge in [0.25, 0.3) is 0 Å². The average molecular weight is 294 g/mol. The second kappa shape index (κ2) is 6.73. The van der Waals surface area contributed by atoms with Gasteiger partial charge in [-0.2, -0.15) is 0 Å². The van der Waals surface area contributed by atoms with Crippen molar-refractivity contribution in [2.75, 3.05) is 6.54 Å². The highest BCUT2D eigenvalue weighted by Crippen LogP contribution is 2.32. The summed E-state index contributed by atoms with van der Waals surface area (Å²) in [4.78, 5) is 0. The van der Waals surface area contributed by atoms with E-state index in [-0.39, 0.29) is 16.8 Å². The minimum Gasteiger partial charge on any atom is -0.454 e. The Bertz CT molecular complexity index is 588. The predicted molar refractivity (Wildman–Crippen MR) is 80.0 cm³/mol. The summed E-state index contributed by atoms with van der Waals surface area (Å²) in [6, 6.07) is 12.4. The highest BCUT2D eigenvalue weighted by atomic mass is 35.5. The molecule has 0 saturated heterocycles. The third-order valence-corrected chi connectivity index (χ3v) is 3.32. The van der Waals surface area contributed by atoms with Gasteiger partial charge in [-0.05, 0) is 31.7 Å². The van der Waals surface area contributed by atoms with Crippen LogP contribution in [0.1, 0.15) is 25.5 Å². The van der Waals surface area contributed by atoms with E-state index in [0.29, 0.717) is 5.75 Å². The first-order valence-electron chi connectivity index (χ1n) is 6.57. The average Bonchev–Trinajstić information content (AvgIpc) is 2.45. The van der Waals surface area contributed by atoms with Gasteiger partial charge in [0.1, 0.15) is 5.75 Å². The molecule has 20 heavy (non-hydrogen) atoms. The van der Waals surface area contributed by atoms with Crippen molar-refractivity contribution in [3.63, 3.8) is 0 Å². The lowest BCUT2D eigenvalue weighted by Gasteiger charge is -2.17. The Morgan fingerprint density at radius 1 is 1.15 bits per heavy atom. The molecule has 0 fully saturated rings. The van der Waals surface area contributed by atoms with Crippen LogP contribution in [0.2, 0.25) is 5.02 Å². The lowest BCUT2D eigenvalue weighted by atomic mass is 10.1. The summed E-state index contributed by atoms with van der Waals surface area (Å²) >= 11 is 5.76. The van der Waals surface area contributed by atoms with Crippen molar-refractivity contribution in [3.05, 3.63) is 58.9 Å². The topological polar surface area (TPSA) is 21.3 Å². The van der Waals surface area contributed by atoms with Gasteiger partial charge in [0.05, 0.1) is 5.02 Å². The molecular weight excluding hydrogens is 277 g/mol. The zero-order valence-corrected chi connectivity index (χ0v) is 12.2. The molecule has 106 valence electrons. The Kier molecular flexibility index (Phi) is 4.99. The molecule has 0 spiro atoms. The quantitative estimate of drug-likeness (QED) is 0.843. The molecule has 4 heteroatoms. The second-order valence-corrected chi connectivity index (χ2v) is 4.88. The van der Waals surface area contributed by atoms with Gasteiger partial charge in [-0.1, -0.05) is 42.8 Å². The molecule has 0 bridgehead atoms. The lowest BCUT2D eigenvalue weighted by molar-refractivity contribution is 0.430. The molecule has 0 aliphatic heterocycles. The molecule has 2 aromatic rings. The Morgan fingerprint density at radius 2 is 1.85 bits per heavy atom. The largest absolute Gasteiger partial charge is 0.454 e. The van der Waals surface area contributed by atoms with Crippen LogP contribution in [0, 0.1) is 5.82 Å². The molecule has 2 nitrogen and oxygen atoms in total. The normalized spacial score (nSPS) is 12.2. The van der Waals surface area contributed by atoms with Crippen LogP contribution >= 0.6 is 11.6 Å². The van der Waals surface area contributed by atoms with Crippen molar-refractivity contribution in [1.29, 1.82) is 0 Å². The van der Waals surface area contributed by atoms with Gasteiger partial charge in [-0.3, -0.25) is 0 Å². The van der Waals surface area contributed by atoms with Crippen molar-refractivity contribution in [1.82, 2.24) is 5.32 Å². The molecule has 0 heterocycles. The van der Waals surface area contributed by atoms with E-state index in [1.165, 1.54) is 6.07 Å². The summed E-state index contributed by atoms with van der Waals surface area (Å²) in [6.45, 7) is 4.93. The van der Waals surface area contributed by atoms with E-state index in [1.54, 1.807) is 12.1 Å². The molecule has 0 radical (unpaired) electrons. The highest BCUT2D eigenvalue weighted by molar-refractivity contribution is 6.30. The van der Waals surface area contributed by atoms with Crippen LogP contribution in [0.25, 0.3) is 0 Å². The molecule has 0 aromatic heterocycles. The van der Waals surface area contributed by atoms with Gasteiger partial charge in [0.15, 0.2) is 11.6 Å². The maximum Gasteiger partial charge on any atom is 0.184 e. The number of nitrogens with one attached hydrogen (secondary N) is 1. The predicted octanol–water partition coefficient (Wildman–Crippen LogP) is 4.94. The van der Waals surface area contributed by atoms with Crippen LogP contribution in [-0.4, -0.2) is 6.54 Å². The molecule has 0 aliphatic rings. The molecule has 1 atom stereocenters. The standard InChI is InChI=1S/C16H17ClFNO/c1-3-19-11(2)12-7-4-5-9-14(12)20-15-10-6-8-13(17)16(15)18/h4-11,19H,3H2,1-2H3. The SMILES string of the molecule is CCNC(C)c1ccccc1Oc1cccc(Cl)c1F. The maximum absolute atomic E-state index is 13.9. The number of hydrogen-bond acceptors (Lipinski definition) is 2. The van der Waals surface area contributed by atoms with E-state index in [1.807, 2.05) is 38.1 Å². The van der Waals surface area contributed by atoms with Crippen LogP contribution in [0.3, 0.4) is 0 Å².